The van der Waals surface area contributed by atoms with Crippen molar-refractivity contribution in [1.29, 1.82) is 0 Å². The SMILES string of the molecule is COC(=O)c1ccc(C2C(S(=O)(=O)c3ccc(C)cc3)=C(O)C(=O)N2c2ccc(C(C)C)cc2)cc1. The van der Waals surface area contributed by atoms with Gasteiger partial charge in [0.15, 0.2) is 5.76 Å². The van der Waals surface area contributed by atoms with Crippen molar-refractivity contribution in [3.8, 4) is 0 Å². The fourth-order valence-corrected chi connectivity index (χ4v) is 5.83. The van der Waals surface area contributed by atoms with Gasteiger partial charge in [-0.3, -0.25) is 9.69 Å². The van der Waals surface area contributed by atoms with E-state index >= 15 is 0 Å². The fraction of sp³-hybridized carbons (Fsp3) is 0.214. The normalized spacial score (nSPS) is 16.1. The third-order valence-electron chi connectivity index (χ3n) is 6.27. The Morgan fingerprint density at radius 3 is 2.06 bits per heavy atom. The van der Waals surface area contributed by atoms with Gasteiger partial charge in [0.1, 0.15) is 10.9 Å². The zero-order valence-corrected chi connectivity index (χ0v) is 21.2. The molecule has 36 heavy (non-hydrogen) atoms. The second-order valence-electron chi connectivity index (χ2n) is 8.97. The Kier molecular flexibility index (Phi) is 6.73. The van der Waals surface area contributed by atoms with Gasteiger partial charge in [0, 0.05) is 5.69 Å². The lowest BCUT2D eigenvalue weighted by molar-refractivity contribution is -0.117. The number of amides is 1. The minimum absolute atomic E-state index is 0.0318. The van der Waals surface area contributed by atoms with Crippen molar-refractivity contribution >= 4 is 27.4 Å². The molecule has 0 aliphatic carbocycles. The molecule has 0 spiro atoms. The Labute approximate surface area is 210 Å². The molecule has 0 saturated carbocycles. The van der Waals surface area contributed by atoms with Crippen LogP contribution in [0.25, 0.3) is 0 Å². The number of aliphatic hydroxyl groups excluding tert-OH is 1. The average molecular weight is 506 g/mol. The number of sulfone groups is 1. The maximum atomic E-state index is 13.8. The first-order valence-corrected chi connectivity index (χ1v) is 12.9. The third kappa shape index (κ3) is 4.40. The molecule has 7 nitrogen and oxygen atoms in total. The highest BCUT2D eigenvalue weighted by atomic mass is 32.2. The largest absolute Gasteiger partial charge is 0.502 e. The van der Waals surface area contributed by atoms with E-state index in [1.807, 2.05) is 32.9 Å². The van der Waals surface area contributed by atoms with Crippen LogP contribution in [0.1, 0.15) is 52.9 Å². The number of aliphatic hydroxyl groups is 1. The van der Waals surface area contributed by atoms with E-state index < -0.39 is 38.4 Å². The summed E-state index contributed by atoms with van der Waals surface area (Å²) in [5.74, 6) is -1.93. The first kappa shape index (κ1) is 25.2. The summed E-state index contributed by atoms with van der Waals surface area (Å²) in [7, 11) is -2.99. The maximum absolute atomic E-state index is 13.8. The van der Waals surface area contributed by atoms with Crippen molar-refractivity contribution in [2.45, 2.75) is 37.6 Å². The number of hydrogen-bond acceptors (Lipinski definition) is 6. The molecule has 0 bridgehead atoms. The van der Waals surface area contributed by atoms with Gasteiger partial charge in [-0.1, -0.05) is 55.8 Å². The van der Waals surface area contributed by atoms with Crippen molar-refractivity contribution in [1.82, 2.24) is 0 Å². The number of benzene rings is 3. The number of carbonyl (C=O) groups is 2. The quantitative estimate of drug-likeness (QED) is 0.460. The molecule has 4 rings (SSSR count). The molecule has 1 atom stereocenters. The molecule has 1 aliphatic rings. The lowest BCUT2D eigenvalue weighted by atomic mass is 10.0. The van der Waals surface area contributed by atoms with Crippen LogP contribution in [0.3, 0.4) is 0 Å². The van der Waals surface area contributed by atoms with Crippen LogP contribution < -0.4 is 4.90 Å². The van der Waals surface area contributed by atoms with Gasteiger partial charge in [0.2, 0.25) is 9.84 Å². The number of carbonyl (C=O) groups excluding carboxylic acids is 2. The molecule has 1 heterocycles. The second-order valence-corrected chi connectivity index (χ2v) is 10.9. The van der Waals surface area contributed by atoms with Crippen LogP contribution in [-0.2, 0) is 19.4 Å². The van der Waals surface area contributed by atoms with Gasteiger partial charge < -0.3 is 9.84 Å². The third-order valence-corrected chi connectivity index (χ3v) is 8.16. The molecule has 0 fully saturated rings. The van der Waals surface area contributed by atoms with Crippen LogP contribution in [0, 0.1) is 6.92 Å². The van der Waals surface area contributed by atoms with Crippen molar-refractivity contribution < 1.29 is 27.9 Å². The van der Waals surface area contributed by atoms with E-state index in [-0.39, 0.29) is 16.4 Å². The summed E-state index contributed by atoms with van der Waals surface area (Å²) in [5.41, 5.74) is 3.05. The van der Waals surface area contributed by atoms with Crippen LogP contribution in [0.2, 0.25) is 0 Å². The Hall–Kier alpha value is -3.91. The standard InChI is InChI=1S/C28H27NO6S/c1-17(2)19-11-13-22(14-12-19)29-24(20-7-9-21(10-8-20)28(32)35-4)26(25(30)27(29)31)36(33,34)23-15-5-18(3)6-16-23/h5-17,24,30H,1-4H3. The molecule has 3 aromatic rings. The number of esters is 1. The molecule has 1 N–H and O–H groups in total. The number of ether oxygens (including phenoxy) is 1. The lowest BCUT2D eigenvalue weighted by Crippen LogP contribution is -2.31. The predicted molar refractivity (Wildman–Crippen MR) is 137 cm³/mol. The number of hydrogen-bond donors (Lipinski definition) is 1. The molecular weight excluding hydrogens is 478 g/mol. The van der Waals surface area contributed by atoms with Crippen LogP contribution >= 0.6 is 0 Å². The first-order chi connectivity index (χ1) is 17.1. The Balaban J connectivity index is 1.89. The number of nitrogens with zero attached hydrogens (tertiary/aromatic N) is 1. The molecule has 1 unspecified atom stereocenters. The molecule has 3 aromatic carbocycles. The van der Waals surface area contributed by atoms with Gasteiger partial charge in [0.05, 0.1) is 17.6 Å². The Morgan fingerprint density at radius 2 is 1.53 bits per heavy atom. The van der Waals surface area contributed by atoms with Crippen LogP contribution in [0.4, 0.5) is 5.69 Å². The molecule has 0 saturated heterocycles. The van der Waals surface area contributed by atoms with Gasteiger partial charge in [-0.2, -0.15) is 0 Å². The zero-order valence-electron chi connectivity index (χ0n) is 20.4. The van der Waals surface area contributed by atoms with Crippen molar-refractivity contribution in [2.24, 2.45) is 0 Å². The fourth-order valence-electron chi connectivity index (χ4n) is 4.21. The van der Waals surface area contributed by atoms with Gasteiger partial charge in [0.25, 0.3) is 5.91 Å². The topological polar surface area (TPSA) is 101 Å². The second kappa shape index (κ2) is 9.62. The van der Waals surface area contributed by atoms with Crippen LogP contribution in [-0.4, -0.2) is 32.5 Å². The summed E-state index contributed by atoms with van der Waals surface area (Å²) in [4.78, 5) is 26.1. The lowest BCUT2D eigenvalue weighted by Gasteiger charge is -2.27. The maximum Gasteiger partial charge on any atom is 0.337 e. The minimum atomic E-state index is -4.25. The monoisotopic (exact) mass is 505 g/mol. The van der Waals surface area contributed by atoms with Crippen molar-refractivity contribution in [3.63, 3.8) is 0 Å². The van der Waals surface area contributed by atoms with Gasteiger partial charge in [-0.15, -0.1) is 0 Å². The molecule has 186 valence electrons. The van der Waals surface area contributed by atoms with Gasteiger partial charge in [-0.05, 0) is 60.4 Å². The Bertz CT molecular complexity index is 1440. The minimum Gasteiger partial charge on any atom is -0.502 e. The van der Waals surface area contributed by atoms with Crippen molar-refractivity contribution in [2.75, 3.05) is 12.0 Å². The smallest absolute Gasteiger partial charge is 0.337 e. The molecule has 0 aromatic heterocycles. The summed E-state index contributed by atoms with van der Waals surface area (Å²) < 4.78 is 32.3. The summed E-state index contributed by atoms with van der Waals surface area (Å²) in [6, 6.07) is 18.4. The van der Waals surface area contributed by atoms with Gasteiger partial charge in [-0.25, -0.2) is 13.2 Å². The van der Waals surface area contributed by atoms with E-state index in [0.29, 0.717) is 11.3 Å². The highest BCUT2D eigenvalue weighted by molar-refractivity contribution is 7.95. The molecule has 0 radical (unpaired) electrons. The van der Waals surface area contributed by atoms with E-state index in [1.54, 1.807) is 36.4 Å². The molecular formula is C28H27NO6S. The highest BCUT2D eigenvalue weighted by Crippen LogP contribution is 2.45. The molecule has 8 heteroatoms. The number of anilines is 1. The van der Waals surface area contributed by atoms with Gasteiger partial charge >= 0.3 is 5.97 Å². The summed E-state index contributed by atoms with van der Waals surface area (Å²) in [6.07, 6.45) is 0. The van der Waals surface area contributed by atoms with E-state index in [9.17, 15) is 23.1 Å². The number of rotatable bonds is 6. The molecule has 1 aliphatic heterocycles. The highest BCUT2D eigenvalue weighted by Gasteiger charge is 2.47. The van der Waals surface area contributed by atoms with Crippen LogP contribution in [0.15, 0.2) is 88.4 Å². The van der Waals surface area contributed by atoms with E-state index in [1.165, 1.54) is 36.3 Å². The number of aryl methyl sites for hydroxylation is 1. The Morgan fingerprint density at radius 1 is 0.944 bits per heavy atom. The van der Waals surface area contributed by atoms with Crippen LogP contribution in [0.5, 0.6) is 0 Å². The van der Waals surface area contributed by atoms with E-state index in [0.717, 1.165) is 11.1 Å². The summed E-state index contributed by atoms with van der Waals surface area (Å²) in [6.45, 7) is 5.92. The first-order valence-electron chi connectivity index (χ1n) is 11.4. The summed E-state index contributed by atoms with van der Waals surface area (Å²) >= 11 is 0. The van der Waals surface area contributed by atoms with E-state index in [4.69, 9.17) is 4.74 Å². The average Bonchev–Trinajstić information content (AvgIpc) is 3.14. The van der Waals surface area contributed by atoms with Crippen molar-refractivity contribution in [3.05, 3.63) is 106 Å². The predicted octanol–water partition coefficient (Wildman–Crippen LogP) is 5.24. The van der Waals surface area contributed by atoms with E-state index in [2.05, 4.69) is 0 Å². The number of methoxy groups -OCH3 is 1. The molecule has 1 amide bonds. The zero-order chi connectivity index (χ0) is 26.2. The summed E-state index contributed by atoms with van der Waals surface area (Å²) in [5, 5.41) is 10.9.